The van der Waals surface area contributed by atoms with Gasteiger partial charge in [0.1, 0.15) is 5.15 Å². The van der Waals surface area contributed by atoms with Crippen LogP contribution < -0.4 is 0 Å². The molecule has 0 N–H and O–H groups in total. The topological polar surface area (TPSA) is 51.8 Å². The maximum atomic E-state index is 5.88. The number of aromatic nitrogens is 3. The van der Waals surface area contributed by atoms with E-state index in [0.29, 0.717) is 22.3 Å². The molecule has 0 amide bonds. The molecule has 2 aromatic rings. The lowest BCUT2D eigenvalue weighted by Gasteiger charge is -2.10. The minimum absolute atomic E-state index is 0.186. The van der Waals surface area contributed by atoms with Gasteiger partial charge in [0.2, 0.25) is 11.7 Å². The monoisotopic (exact) mass is 271 g/mol. The Kier molecular flexibility index (Phi) is 3.10. The first-order valence-corrected chi connectivity index (χ1v) is 5.79. The van der Waals surface area contributed by atoms with Crippen molar-refractivity contribution in [3.05, 3.63) is 28.3 Å². The summed E-state index contributed by atoms with van der Waals surface area (Å²) in [7, 11) is 0. The molecule has 0 bridgehead atoms. The molecule has 4 nitrogen and oxygen atoms in total. The summed E-state index contributed by atoms with van der Waals surface area (Å²) < 4.78 is 5.19. The van der Waals surface area contributed by atoms with Gasteiger partial charge in [-0.15, -0.1) is 0 Å². The maximum Gasteiger partial charge on any atom is 0.232 e. The van der Waals surface area contributed by atoms with Gasteiger partial charge in [-0.25, -0.2) is 4.98 Å². The van der Waals surface area contributed by atoms with E-state index in [1.165, 1.54) is 0 Å². The van der Waals surface area contributed by atoms with Crippen LogP contribution in [0, 0.1) is 0 Å². The number of hydrogen-bond donors (Lipinski definition) is 0. The van der Waals surface area contributed by atoms with Crippen LogP contribution in [0.4, 0.5) is 0 Å². The summed E-state index contributed by atoms with van der Waals surface area (Å²) in [6, 6.07) is 1.66. The third-order valence-electron chi connectivity index (χ3n) is 2.12. The fraction of sp³-hybridized carbons (Fsp3) is 0.364. The normalized spacial score (nSPS) is 11.8. The Morgan fingerprint density at radius 2 is 1.94 bits per heavy atom. The van der Waals surface area contributed by atoms with Crippen LogP contribution in [0.15, 0.2) is 16.8 Å². The highest BCUT2D eigenvalue weighted by atomic mass is 35.5. The predicted octanol–water partition coefficient (Wildman–Crippen LogP) is 3.74. The molecule has 0 saturated carbocycles. The van der Waals surface area contributed by atoms with E-state index >= 15 is 0 Å². The Hall–Kier alpha value is -1.13. The van der Waals surface area contributed by atoms with E-state index in [0.717, 1.165) is 0 Å². The lowest BCUT2D eigenvalue weighted by molar-refractivity contribution is 0.321. The maximum absolute atomic E-state index is 5.88. The molecule has 0 spiro atoms. The van der Waals surface area contributed by atoms with Crippen molar-refractivity contribution in [3.8, 4) is 11.4 Å². The SMILES string of the molecule is CC(C)(C)c1nc(-c2cnc(Cl)c(Cl)c2)no1. The summed E-state index contributed by atoms with van der Waals surface area (Å²) in [6.45, 7) is 5.99. The van der Waals surface area contributed by atoms with Gasteiger partial charge in [0.25, 0.3) is 0 Å². The molecule has 90 valence electrons. The molecule has 6 heteroatoms. The van der Waals surface area contributed by atoms with Crippen LogP contribution in [0.5, 0.6) is 0 Å². The number of hydrogen-bond acceptors (Lipinski definition) is 4. The van der Waals surface area contributed by atoms with Crippen molar-refractivity contribution in [2.24, 2.45) is 0 Å². The van der Waals surface area contributed by atoms with Crippen molar-refractivity contribution >= 4 is 23.2 Å². The molecule has 2 heterocycles. The molecule has 0 aliphatic carbocycles. The van der Waals surface area contributed by atoms with Crippen LogP contribution in [-0.2, 0) is 5.41 Å². The van der Waals surface area contributed by atoms with Crippen LogP contribution in [0.2, 0.25) is 10.2 Å². The van der Waals surface area contributed by atoms with E-state index in [2.05, 4.69) is 15.1 Å². The molecule has 0 fully saturated rings. The van der Waals surface area contributed by atoms with Gasteiger partial charge >= 0.3 is 0 Å². The number of pyridine rings is 1. The van der Waals surface area contributed by atoms with E-state index in [1.54, 1.807) is 12.3 Å². The second kappa shape index (κ2) is 4.27. The molecule has 2 rings (SSSR count). The molecular weight excluding hydrogens is 261 g/mol. The Morgan fingerprint density at radius 3 is 2.47 bits per heavy atom. The minimum atomic E-state index is -0.186. The molecule has 17 heavy (non-hydrogen) atoms. The third-order valence-corrected chi connectivity index (χ3v) is 2.81. The molecule has 0 aliphatic heterocycles. The molecule has 0 unspecified atom stereocenters. The lowest BCUT2D eigenvalue weighted by atomic mass is 9.97. The van der Waals surface area contributed by atoms with Gasteiger partial charge < -0.3 is 4.52 Å². The highest BCUT2D eigenvalue weighted by Crippen LogP contribution is 2.27. The number of halogens is 2. The van der Waals surface area contributed by atoms with E-state index in [4.69, 9.17) is 27.7 Å². The first-order valence-electron chi connectivity index (χ1n) is 5.03. The fourth-order valence-corrected chi connectivity index (χ4v) is 1.46. The molecular formula is C11H11Cl2N3O. The zero-order chi connectivity index (χ0) is 12.6. The molecule has 0 saturated heterocycles. The summed E-state index contributed by atoms with van der Waals surface area (Å²) in [5, 5.41) is 4.52. The van der Waals surface area contributed by atoms with Crippen LogP contribution in [0.3, 0.4) is 0 Å². The average Bonchev–Trinajstić information content (AvgIpc) is 2.70. The standard InChI is InChI=1S/C11H11Cl2N3O/c1-11(2,3)10-15-9(16-17-10)6-4-7(12)8(13)14-5-6/h4-5H,1-3H3. The van der Waals surface area contributed by atoms with Crippen molar-refractivity contribution in [2.45, 2.75) is 26.2 Å². The van der Waals surface area contributed by atoms with Crippen LogP contribution in [0.25, 0.3) is 11.4 Å². The largest absolute Gasteiger partial charge is 0.338 e. The Morgan fingerprint density at radius 1 is 1.24 bits per heavy atom. The van der Waals surface area contributed by atoms with Gasteiger partial charge in [0, 0.05) is 17.2 Å². The zero-order valence-electron chi connectivity index (χ0n) is 9.66. The molecule has 0 radical (unpaired) electrons. The van der Waals surface area contributed by atoms with Gasteiger partial charge in [-0.2, -0.15) is 4.98 Å². The van der Waals surface area contributed by atoms with Gasteiger partial charge in [0.05, 0.1) is 5.02 Å². The average molecular weight is 272 g/mol. The summed E-state index contributed by atoms with van der Waals surface area (Å²) in [4.78, 5) is 8.24. The van der Waals surface area contributed by atoms with Crippen molar-refractivity contribution in [1.82, 2.24) is 15.1 Å². The molecule has 0 atom stereocenters. The van der Waals surface area contributed by atoms with Gasteiger partial charge in [-0.3, -0.25) is 0 Å². The first-order chi connectivity index (χ1) is 7.88. The van der Waals surface area contributed by atoms with Crippen LogP contribution in [0.1, 0.15) is 26.7 Å². The second-order valence-corrected chi connectivity index (χ2v) is 5.43. The van der Waals surface area contributed by atoms with E-state index < -0.39 is 0 Å². The number of rotatable bonds is 1. The van der Waals surface area contributed by atoms with Gasteiger partial charge in [-0.05, 0) is 6.07 Å². The van der Waals surface area contributed by atoms with Crippen LogP contribution in [-0.4, -0.2) is 15.1 Å². The Bertz CT molecular complexity index is 546. The summed E-state index contributed by atoms with van der Waals surface area (Å²) in [5.74, 6) is 1.03. The quantitative estimate of drug-likeness (QED) is 0.742. The first kappa shape index (κ1) is 12.3. The summed E-state index contributed by atoms with van der Waals surface area (Å²) in [5.41, 5.74) is 0.494. The minimum Gasteiger partial charge on any atom is -0.338 e. The fourth-order valence-electron chi connectivity index (χ4n) is 1.19. The van der Waals surface area contributed by atoms with Crippen molar-refractivity contribution < 1.29 is 4.52 Å². The van der Waals surface area contributed by atoms with Crippen molar-refractivity contribution in [3.63, 3.8) is 0 Å². The van der Waals surface area contributed by atoms with Crippen molar-refractivity contribution in [2.75, 3.05) is 0 Å². The summed E-state index contributed by atoms with van der Waals surface area (Å²) in [6.07, 6.45) is 1.56. The van der Waals surface area contributed by atoms with Crippen LogP contribution >= 0.6 is 23.2 Å². The van der Waals surface area contributed by atoms with E-state index in [9.17, 15) is 0 Å². The smallest absolute Gasteiger partial charge is 0.232 e. The Balaban J connectivity index is 2.40. The van der Waals surface area contributed by atoms with Gasteiger partial charge in [0.15, 0.2) is 0 Å². The highest BCUT2D eigenvalue weighted by Gasteiger charge is 2.22. The van der Waals surface area contributed by atoms with E-state index in [1.807, 2.05) is 20.8 Å². The second-order valence-electron chi connectivity index (χ2n) is 4.67. The van der Waals surface area contributed by atoms with E-state index in [-0.39, 0.29) is 10.6 Å². The lowest BCUT2D eigenvalue weighted by Crippen LogP contribution is -2.11. The zero-order valence-corrected chi connectivity index (χ0v) is 11.2. The third kappa shape index (κ3) is 2.58. The predicted molar refractivity (Wildman–Crippen MR) is 66.2 cm³/mol. The molecule has 0 aliphatic rings. The van der Waals surface area contributed by atoms with Gasteiger partial charge in [-0.1, -0.05) is 49.1 Å². The molecule has 2 aromatic heterocycles. The Labute approximate surface area is 109 Å². The van der Waals surface area contributed by atoms with Crippen molar-refractivity contribution in [1.29, 1.82) is 0 Å². The molecule has 0 aromatic carbocycles. The highest BCUT2D eigenvalue weighted by molar-refractivity contribution is 6.41. The summed E-state index contributed by atoms with van der Waals surface area (Å²) >= 11 is 11.6. The number of nitrogens with zero attached hydrogens (tertiary/aromatic N) is 3.